The van der Waals surface area contributed by atoms with E-state index < -0.39 is 10.9 Å². The predicted octanol–water partition coefficient (Wildman–Crippen LogP) is 4.62. The van der Waals surface area contributed by atoms with Gasteiger partial charge in [-0.25, -0.2) is 4.79 Å². The van der Waals surface area contributed by atoms with Crippen molar-refractivity contribution in [3.63, 3.8) is 0 Å². The number of hydrogen-bond acceptors (Lipinski definition) is 4. The van der Waals surface area contributed by atoms with E-state index in [0.717, 1.165) is 16.8 Å². The highest BCUT2D eigenvalue weighted by Gasteiger charge is 2.22. The van der Waals surface area contributed by atoms with E-state index in [1.165, 1.54) is 12.1 Å². The van der Waals surface area contributed by atoms with Crippen LogP contribution in [0.3, 0.4) is 0 Å². The molecule has 0 spiro atoms. The van der Waals surface area contributed by atoms with Crippen LogP contribution in [0.1, 0.15) is 10.4 Å². The summed E-state index contributed by atoms with van der Waals surface area (Å²) >= 11 is 5.73. The average molecular weight is 328 g/mol. The van der Waals surface area contributed by atoms with Gasteiger partial charge in [-0.2, -0.15) is 0 Å². The molecule has 0 aliphatic rings. The number of nitro benzene ring substituents is 1. The number of carbonyl (C=O) groups is 1. The summed E-state index contributed by atoms with van der Waals surface area (Å²) in [5.74, 6) is -0.485. The fourth-order valence-electron chi connectivity index (χ4n) is 2.22. The molecule has 6 heteroatoms. The third kappa shape index (κ3) is 3.14. The lowest BCUT2D eigenvalue weighted by atomic mass is 10.1. The highest BCUT2D eigenvalue weighted by atomic mass is 35.5. The fourth-order valence-corrected chi connectivity index (χ4v) is 2.39. The largest absolute Gasteiger partial charge is 0.423 e. The number of fused-ring (bicyclic) bond motifs is 1. The second kappa shape index (κ2) is 6.06. The zero-order valence-corrected chi connectivity index (χ0v) is 12.5. The maximum absolute atomic E-state index is 12.2. The van der Waals surface area contributed by atoms with Crippen molar-refractivity contribution in [2.45, 2.75) is 0 Å². The minimum atomic E-state index is -0.802. The number of rotatable bonds is 3. The van der Waals surface area contributed by atoms with Crippen LogP contribution in [0, 0.1) is 10.1 Å². The summed E-state index contributed by atoms with van der Waals surface area (Å²) in [7, 11) is 0. The highest BCUT2D eigenvalue weighted by molar-refractivity contribution is 6.31. The van der Waals surface area contributed by atoms with Crippen molar-refractivity contribution in [2.75, 3.05) is 0 Å². The molecule has 0 saturated carbocycles. The van der Waals surface area contributed by atoms with Gasteiger partial charge in [0.15, 0.2) is 0 Å². The van der Waals surface area contributed by atoms with E-state index in [9.17, 15) is 14.9 Å². The molecule has 0 aliphatic heterocycles. The molecule has 0 aliphatic carbocycles. The molecule has 23 heavy (non-hydrogen) atoms. The van der Waals surface area contributed by atoms with E-state index in [1.807, 2.05) is 30.3 Å². The molecule has 0 aromatic heterocycles. The maximum Gasteiger partial charge on any atom is 0.350 e. The molecule has 0 saturated heterocycles. The van der Waals surface area contributed by atoms with Gasteiger partial charge in [0.05, 0.1) is 4.92 Å². The zero-order chi connectivity index (χ0) is 16.4. The van der Waals surface area contributed by atoms with Crippen LogP contribution in [-0.4, -0.2) is 10.9 Å². The van der Waals surface area contributed by atoms with E-state index in [4.69, 9.17) is 16.3 Å². The normalized spacial score (nSPS) is 10.5. The molecule has 0 atom stereocenters. The average Bonchev–Trinajstić information content (AvgIpc) is 2.54. The fraction of sp³-hybridized carbons (Fsp3) is 0. The molecule has 3 aromatic carbocycles. The summed E-state index contributed by atoms with van der Waals surface area (Å²) in [6.45, 7) is 0. The van der Waals surface area contributed by atoms with E-state index in [-0.39, 0.29) is 16.3 Å². The van der Waals surface area contributed by atoms with Crippen LogP contribution in [0.25, 0.3) is 10.8 Å². The first-order chi connectivity index (χ1) is 11.0. The molecule has 0 heterocycles. The summed E-state index contributed by atoms with van der Waals surface area (Å²) in [5.41, 5.74) is -0.532. The maximum atomic E-state index is 12.2. The molecular formula is C17H10ClNO4. The SMILES string of the molecule is O=C(Oc1ccc2ccccc2c1)c1ccc(Cl)cc1[N+](=O)[O-]. The van der Waals surface area contributed by atoms with E-state index in [1.54, 1.807) is 12.1 Å². The second-order valence-electron chi connectivity index (χ2n) is 4.82. The molecule has 0 unspecified atom stereocenters. The van der Waals surface area contributed by atoms with Crippen LogP contribution < -0.4 is 4.74 Å². The molecule has 3 aromatic rings. The first-order valence-corrected chi connectivity index (χ1v) is 7.07. The summed E-state index contributed by atoms with van der Waals surface area (Å²) < 4.78 is 5.25. The number of esters is 1. The Morgan fingerprint density at radius 2 is 1.74 bits per heavy atom. The molecule has 0 bridgehead atoms. The van der Waals surface area contributed by atoms with Gasteiger partial charge in [-0.05, 0) is 35.0 Å². The monoisotopic (exact) mass is 327 g/mol. The van der Waals surface area contributed by atoms with Crippen LogP contribution in [-0.2, 0) is 0 Å². The van der Waals surface area contributed by atoms with Crippen molar-refractivity contribution < 1.29 is 14.5 Å². The van der Waals surface area contributed by atoms with Gasteiger partial charge < -0.3 is 4.74 Å². The number of carbonyl (C=O) groups excluding carboxylic acids is 1. The standard InChI is InChI=1S/C17H10ClNO4/c18-13-6-8-15(16(10-13)19(21)22)17(20)23-14-7-5-11-3-1-2-4-12(11)9-14/h1-10H. The molecule has 0 amide bonds. The lowest BCUT2D eigenvalue weighted by Crippen LogP contribution is -2.11. The van der Waals surface area contributed by atoms with Gasteiger partial charge in [0.25, 0.3) is 5.69 Å². The van der Waals surface area contributed by atoms with E-state index >= 15 is 0 Å². The number of benzene rings is 3. The van der Waals surface area contributed by atoms with Gasteiger partial charge in [0, 0.05) is 11.1 Å². The summed E-state index contributed by atoms with van der Waals surface area (Å²) in [6, 6.07) is 16.6. The first kappa shape index (κ1) is 15.0. The van der Waals surface area contributed by atoms with Crippen molar-refractivity contribution in [3.05, 3.63) is 81.4 Å². The Morgan fingerprint density at radius 3 is 2.48 bits per heavy atom. The Labute approximate surface area is 136 Å². The molecule has 0 N–H and O–H groups in total. The van der Waals surface area contributed by atoms with E-state index in [2.05, 4.69) is 0 Å². The lowest BCUT2D eigenvalue weighted by molar-refractivity contribution is -0.385. The van der Waals surface area contributed by atoms with Gasteiger partial charge in [0.1, 0.15) is 11.3 Å². The van der Waals surface area contributed by atoms with Gasteiger partial charge >= 0.3 is 5.97 Å². The van der Waals surface area contributed by atoms with Gasteiger partial charge in [-0.3, -0.25) is 10.1 Å². The van der Waals surface area contributed by atoms with Crippen LogP contribution in [0.2, 0.25) is 5.02 Å². The Balaban J connectivity index is 1.93. The van der Waals surface area contributed by atoms with Crippen LogP contribution in [0.4, 0.5) is 5.69 Å². The van der Waals surface area contributed by atoms with Crippen molar-refractivity contribution in [1.82, 2.24) is 0 Å². The summed E-state index contributed by atoms with van der Waals surface area (Å²) in [5, 5.41) is 13.1. The summed E-state index contributed by atoms with van der Waals surface area (Å²) in [4.78, 5) is 22.6. The van der Waals surface area contributed by atoms with Crippen LogP contribution in [0.15, 0.2) is 60.7 Å². The number of ether oxygens (including phenoxy) is 1. The topological polar surface area (TPSA) is 69.4 Å². The minimum absolute atomic E-state index is 0.146. The Kier molecular flexibility index (Phi) is 3.95. The van der Waals surface area contributed by atoms with Gasteiger partial charge in [0.2, 0.25) is 0 Å². The Bertz CT molecular complexity index is 923. The third-order valence-corrected chi connectivity index (χ3v) is 3.54. The number of nitrogens with zero attached hydrogens (tertiary/aromatic N) is 1. The predicted molar refractivity (Wildman–Crippen MR) is 87.0 cm³/mol. The molecule has 114 valence electrons. The van der Waals surface area contributed by atoms with Crippen molar-refractivity contribution in [2.24, 2.45) is 0 Å². The van der Waals surface area contributed by atoms with Crippen molar-refractivity contribution in [3.8, 4) is 5.75 Å². The van der Waals surface area contributed by atoms with Crippen molar-refractivity contribution >= 4 is 34.0 Å². The Morgan fingerprint density at radius 1 is 1.00 bits per heavy atom. The van der Waals surface area contributed by atoms with E-state index in [0.29, 0.717) is 5.75 Å². The molecular weight excluding hydrogens is 318 g/mol. The van der Waals surface area contributed by atoms with Crippen LogP contribution >= 0.6 is 11.6 Å². The minimum Gasteiger partial charge on any atom is -0.423 e. The van der Waals surface area contributed by atoms with Crippen LogP contribution in [0.5, 0.6) is 5.75 Å². The molecule has 0 radical (unpaired) electrons. The first-order valence-electron chi connectivity index (χ1n) is 6.69. The highest BCUT2D eigenvalue weighted by Crippen LogP contribution is 2.26. The molecule has 0 fully saturated rings. The number of hydrogen-bond donors (Lipinski definition) is 0. The molecule has 5 nitrogen and oxygen atoms in total. The van der Waals surface area contributed by atoms with Gasteiger partial charge in [-0.15, -0.1) is 0 Å². The zero-order valence-electron chi connectivity index (χ0n) is 11.7. The summed E-state index contributed by atoms with van der Waals surface area (Å²) in [6.07, 6.45) is 0. The quantitative estimate of drug-likeness (QED) is 0.304. The number of halogens is 1. The smallest absolute Gasteiger partial charge is 0.350 e. The molecule has 3 rings (SSSR count). The number of nitro groups is 1. The Hall–Kier alpha value is -2.92. The van der Waals surface area contributed by atoms with Gasteiger partial charge in [-0.1, -0.05) is 41.9 Å². The van der Waals surface area contributed by atoms with Crippen molar-refractivity contribution in [1.29, 1.82) is 0 Å². The lowest BCUT2D eigenvalue weighted by Gasteiger charge is -2.06. The third-order valence-electron chi connectivity index (χ3n) is 3.31. The second-order valence-corrected chi connectivity index (χ2v) is 5.25.